The van der Waals surface area contributed by atoms with Crippen LogP contribution < -0.4 is 0 Å². The summed E-state index contributed by atoms with van der Waals surface area (Å²) in [5.74, 6) is 0. The van der Waals surface area contributed by atoms with Crippen molar-refractivity contribution in [1.29, 1.82) is 0 Å². The maximum Gasteiger partial charge on any atom is 0.227 e. The van der Waals surface area contributed by atoms with E-state index in [1.807, 2.05) is 75.4 Å². The smallest absolute Gasteiger partial charge is 0.227 e. The Hall–Kier alpha value is -3.46. The van der Waals surface area contributed by atoms with Crippen LogP contribution in [0.2, 0.25) is 0 Å². The van der Waals surface area contributed by atoms with Crippen LogP contribution in [0.5, 0.6) is 0 Å². The molecule has 0 saturated heterocycles. The van der Waals surface area contributed by atoms with E-state index in [1.54, 1.807) is 12.1 Å². The molecule has 5 rings (SSSR count). The van der Waals surface area contributed by atoms with E-state index in [9.17, 15) is 0 Å². The Labute approximate surface area is 189 Å². The second kappa shape index (κ2) is 7.35. The fourth-order valence-electron chi connectivity index (χ4n) is 3.79. The molecule has 3 heterocycles. The van der Waals surface area contributed by atoms with Gasteiger partial charge in [0, 0.05) is 35.1 Å². The first-order valence-corrected chi connectivity index (χ1v) is 10.3. The zero-order valence-corrected chi connectivity index (χ0v) is 17.7. The van der Waals surface area contributed by atoms with Gasteiger partial charge >= 0.3 is 0 Å². The van der Waals surface area contributed by atoms with E-state index < -0.39 is 18.6 Å². The lowest BCUT2D eigenvalue weighted by atomic mass is 9.90. The molecular formula is C28H26N2O. The molecule has 3 nitrogen and oxygen atoms in total. The third-order valence-electron chi connectivity index (χ3n) is 5.13. The van der Waals surface area contributed by atoms with Gasteiger partial charge in [0.15, 0.2) is 0 Å². The first-order valence-electron chi connectivity index (χ1n) is 12.8. The summed E-state index contributed by atoms with van der Waals surface area (Å²) < 4.78 is 47.4. The zero-order valence-electron chi connectivity index (χ0n) is 22.7. The molecule has 154 valence electrons. The van der Waals surface area contributed by atoms with Crippen LogP contribution in [0.3, 0.4) is 0 Å². The first-order chi connectivity index (χ1) is 16.9. The molecule has 3 aromatic heterocycles. The SMILES string of the molecule is [2H]C([2H])([2H])c1cnc(-c2cccc3c2oc2nc(C([2H])([2H])C(C)(C)C)ccc23)cc1-c1ccccc1. The van der Waals surface area contributed by atoms with E-state index in [0.29, 0.717) is 33.8 Å². The summed E-state index contributed by atoms with van der Waals surface area (Å²) in [6.07, 6.45) is -0.235. The van der Waals surface area contributed by atoms with Crippen LogP contribution in [0.15, 0.2) is 77.3 Å². The minimum Gasteiger partial charge on any atom is -0.437 e. The number of benzene rings is 2. The van der Waals surface area contributed by atoms with Crippen LogP contribution in [-0.4, -0.2) is 9.97 Å². The van der Waals surface area contributed by atoms with Crippen molar-refractivity contribution in [2.45, 2.75) is 34.0 Å². The zero-order chi connectivity index (χ0) is 25.9. The predicted molar refractivity (Wildman–Crippen MR) is 128 cm³/mol. The predicted octanol–water partition coefficient (Wildman–Crippen LogP) is 7.61. The highest BCUT2D eigenvalue weighted by molar-refractivity contribution is 6.08. The maximum absolute atomic E-state index is 8.59. The summed E-state index contributed by atoms with van der Waals surface area (Å²) >= 11 is 0. The monoisotopic (exact) mass is 411 g/mol. The second-order valence-electron chi connectivity index (χ2n) is 8.69. The van der Waals surface area contributed by atoms with Gasteiger partial charge in [-0.1, -0.05) is 63.2 Å². The molecule has 0 saturated carbocycles. The van der Waals surface area contributed by atoms with Gasteiger partial charge in [-0.25, -0.2) is 4.98 Å². The van der Waals surface area contributed by atoms with Crippen molar-refractivity contribution in [3.63, 3.8) is 0 Å². The fourth-order valence-corrected chi connectivity index (χ4v) is 3.79. The molecule has 2 aromatic carbocycles. The van der Waals surface area contributed by atoms with E-state index in [4.69, 9.17) is 11.3 Å². The topological polar surface area (TPSA) is 38.9 Å². The summed E-state index contributed by atoms with van der Waals surface area (Å²) in [4.78, 5) is 9.07. The highest BCUT2D eigenvalue weighted by Crippen LogP contribution is 2.36. The number of para-hydroxylation sites is 1. The quantitative estimate of drug-likeness (QED) is 0.307. The molecule has 0 fully saturated rings. The number of rotatable bonds is 3. The molecule has 0 aliphatic rings. The molecule has 0 radical (unpaired) electrons. The number of furan rings is 1. The van der Waals surface area contributed by atoms with Gasteiger partial charge < -0.3 is 4.42 Å². The molecule has 0 atom stereocenters. The minimum absolute atomic E-state index is 0.185. The summed E-state index contributed by atoms with van der Waals surface area (Å²) in [7, 11) is 0. The van der Waals surface area contributed by atoms with Crippen molar-refractivity contribution < 1.29 is 11.3 Å². The maximum atomic E-state index is 8.59. The number of nitrogens with zero attached hydrogens (tertiary/aromatic N) is 2. The molecule has 3 heteroatoms. The molecule has 0 aliphatic carbocycles. The van der Waals surface area contributed by atoms with Gasteiger partial charge in [-0.15, -0.1) is 0 Å². The summed E-state index contributed by atoms with van der Waals surface area (Å²) in [6, 6.07) is 20.5. The van der Waals surface area contributed by atoms with Crippen LogP contribution in [0.1, 0.15) is 38.9 Å². The van der Waals surface area contributed by atoms with Crippen LogP contribution in [0.25, 0.3) is 44.5 Å². The second-order valence-corrected chi connectivity index (χ2v) is 8.69. The Morgan fingerprint density at radius 1 is 0.935 bits per heavy atom. The van der Waals surface area contributed by atoms with Crippen LogP contribution in [0, 0.1) is 12.3 Å². The molecule has 0 unspecified atom stereocenters. The van der Waals surface area contributed by atoms with E-state index in [2.05, 4.69) is 9.97 Å². The Balaban J connectivity index is 1.71. The van der Waals surface area contributed by atoms with Crippen molar-refractivity contribution in [2.75, 3.05) is 0 Å². The fraction of sp³-hybridized carbons (Fsp3) is 0.214. The average Bonchev–Trinajstić information content (AvgIpc) is 3.21. The van der Waals surface area contributed by atoms with E-state index in [-0.39, 0.29) is 5.56 Å². The normalized spacial score (nSPS) is 15.3. The van der Waals surface area contributed by atoms with Crippen molar-refractivity contribution in [2.24, 2.45) is 5.41 Å². The largest absolute Gasteiger partial charge is 0.437 e. The first kappa shape index (κ1) is 14.5. The molecule has 31 heavy (non-hydrogen) atoms. The lowest BCUT2D eigenvalue weighted by Crippen LogP contribution is -2.10. The van der Waals surface area contributed by atoms with Gasteiger partial charge in [-0.2, -0.15) is 0 Å². The van der Waals surface area contributed by atoms with Gasteiger partial charge in [0.25, 0.3) is 0 Å². The van der Waals surface area contributed by atoms with Crippen molar-refractivity contribution >= 4 is 22.1 Å². The highest BCUT2D eigenvalue weighted by Gasteiger charge is 2.17. The van der Waals surface area contributed by atoms with Crippen molar-refractivity contribution in [3.05, 3.63) is 84.2 Å². The Morgan fingerprint density at radius 2 is 1.77 bits per heavy atom. The van der Waals surface area contributed by atoms with Crippen LogP contribution >= 0.6 is 0 Å². The van der Waals surface area contributed by atoms with Crippen molar-refractivity contribution in [3.8, 4) is 22.4 Å². The number of hydrogen-bond donors (Lipinski definition) is 0. The van der Waals surface area contributed by atoms with E-state index >= 15 is 0 Å². The van der Waals surface area contributed by atoms with Crippen LogP contribution in [-0.2, 0) is 6.37 Å². The standard InChI is InChI=1S/C28H26N2O/c1-18-17-29-25(15-24(18)19-9-6-5-7-10-19)23-12-8-11-21-22-14-13-20(16-28(2,3)4)30-27(22)31-26(21)23/h5-15,17H,16H2,1-4H3/i1D3,16D2. The van der Waals surface area contributed by atoms with Crippen LogP contribution in [0.4, 0.5) is 0 Å². The Kier molecular flexibility index (Phi) is 3.44. The van der Waals surface area contributed by atoms with Gasteiger partial charge in [0.1, 0.15) is 5.58 Å². The minimum atomic E-state index is -2.31. The van der Waals surface area contributed by atoms with Gasteiger partial charge in [-0.05, 0) is 59.6 Å². The van der Waals surface area contributed by atoms with E-state index in [0.717, 1.165) is 16.3 Å². The molecule has 0 spiro atoms. The lowest BCUT2D eigenvalue weighted by molar-refractivity contribution is 0.406. The number of hydrogen-bond acceptors (Lipinski definition) is 3. The number of aromatic nitrogens is 2. The number of pyridine rings is 2. The molecule has 0 aliphatic heterocycles. The lowest BCUT2D eigenvalue weighted by Gasteiger charge is -2.16. The van der Waals surface area contributed by atoms with Gasteiger partial charge in [0.05, 0.1) is 5.69 Å². The molecule has 0 bridgehead atoms. The number of fused-ring (bicyclic) bond motifs is 3. The van der Waals surface area contributed by atoms with Gasteiger partial charge in [0.2, 0.25) is 5.71 Å². The van der Waals surface area contributed by atoms with E-state index in [1.165, 1.54) is 6.20 Å². The number of aryl methyl sites for hydroxylation is 1. The average molecular weight is 412 g/mol. The Morgan fingerprint density at radius 3 is 2.55 bits per heavy atom. The summed E-state index contributed by atoms with van der Waals surface area (Å²) in [5, 5.41) is 1.61. The molecular weight excluding hydrogens is 380 g/mol. The van der Waals surface area contributed by atoms with Crippen molar-refractivity contribution in [1.82, 2.24) is 9.97 Å². The molecule has 0 amide bonds. The van der Waals surface area contributed by atoms with Gasteiger partial charge in [-0.3, -0.25) is 4.98 Å². The summed E-state index contributed by atoms with van der Waals surface area (Å²) in [6.45, 7) is 3.21. The molecule has 0 N–H and O–H groups in total. The molecule has 5 aromatic rings. The third kappa shape index (κ3) is 3.72. The highest BCUT2D eigenvalue weighted by atomic mass is 16.3. The Bertz CT molecular complexity index is 1580. The summed E-state index contributed by atoms with van der Waals surface area (Å²) in [5.41, 5.74) is 3.45. The third-order valence-corrected chi connectivity index (χ3v) is 5.13.